The summed E-state index contributed by atoms with van der Waals surface area (Å²) in [5.41, 5.74) is 4.18. The van der Waals surface area contributed by atoms with Gasteiger partial charge in [0.1, 0.15) is 34.3 Å². The van der Waals surface area contributed by atoms with E-state index in [-0.39, 0.29) is 23.0 Å². The van der Waals surface area contributed by atoms with Crippen LogP contribution in [0.4, 0.5) is 0 Å². The molecule has 0 bridgehead atoms. The van der Waals surface area contributed by atoms with Crippen LogP contribution in [0.3, 0.4) is 0 Å². The summed E-state index contributed by atoms with van der Waals surface area (Å²) in [6.07, 6.45) is 6.58. The largest absolute Gasteiger partial charge is 0.507 e. The van der Waals surface area contributed by atoms with Crippen molar-refractivity contribution in [3.63, 3.8) is 0 Å². The lowest BCUT2D eigenvalue weighted by Crippen LogP contribution is -2.13. The number of benzene rings is 2. The van der Waals surface area contributed by atoms with Crippen molar-refractivity contribution >= 4 is 11.0 Å². The number of rotatable bonds is 7. The van der Waals surface area contributed by atoms with Crippen molar-refractivity contribution in [2.75, 3.05) is 0 Å². The molecule has 0 radical (unpaired) electrons. The zero-order chi connectivity index (χ0) is 25.4. The Balaban J connectivity index is 2.44. The van der Waals surface area contributed by atoms with Gasteiger partial charge < -0.3 is 24.8 Å². The summed E-state index contributed by atoms with van der Waals surface area (Å²) >= 11 is 0. The molecule has 0 spiro atoms. The van der Waals surface area contributed by atoms with Gasteiger partial charge in [0.25, 0.3) is 0 Å². The van der Waals surface area contributed by atoms with Gasteiger partial charge in [0, 0.05) is 39.8 Å². The molecule has 0 fully saturated rings. The lowest BCUT2D eigenvalue weighted by molar-refractivity contribution is 0.438. The number of phenolic OH excluding ortho intramolecular Hbond substituents is 4. The number of fused-ring (bicyclic) bond motifs is 1. The van der Waals surface area contributed by atoms with Crippen molar-refractivity contribution in [1.82, 2.24) is 0 Å². The maximum absolute atomic E-state index is 10.8. The van der Waals surface area contributed by atoms with Crippen LogP contribution < -0.4 is 0 Å². The third-order valence-corrected chi connectivity index (χ3v) is 6.09. The molecular weight excluding hydrogens is 428 g/mol. The number of hydrogen-bond donors (Lipinski definition) is 4. The molecule has 3 aromatic rings. The molecule has 0 saturated carbocycles. The average molecular weight is 463 g/mol. The normalized spacial score (nSPS) is 11.5. The van der Waals surface area contributed by atoms with E-state index in [9.17, 15) is 20.4 Å². The first-order valence-corrected chi connectivity index (χ1v) is 11.3. The van der Waals surface area contributed by atoms with Crippen molar-refractivity contribution in [3.05, 3.63) is 70.8 Å². The molecule has 0 aliphatic heterocycles. The van der Waals surface area contributed by atoms with Crippen LogP contribution in [-0.2, 0) is 18.3 Å². The topological polar surface area (TPSA) is 94.1 Å². The molecule has 180 valence electrons. The molecule has 3 rings (SSSR count). The van der Waals surface area contributed by atoms with E-state index in [1.54, 1.807) is 12.1 Å². The highest BCUT2D eigenvalue weighted by atomic mass is 16.3. The van der Waals surface area contributed by atoms with Gasteiger partial charge in [0.2, 0.25) is 0 Å². The Kier molecular flexibility index (Phi) is 6.87. The van der Waals surface area contributed by atoms with Crippen molar-refractivity contribution in [3.8, 4) is 34.3 Å². The highest BCUT2D eigenvalue weighted by molar-refractivity contribution is 5.94. The summed E-state index contributed by atoms with van der Waals surface area (Å²) in [4.78, 5) is 0. The Morgan fingerprint density at radius 3 is 1.79 bits per heavy atom. The fraction of sp³-hybridized carbons (Fsp3) is 0.310. The summed E-state index contributed by atoms with van der Waals surface area (Å²) in [6, 6.07) is 4.36. The maximum atomic E-state index is 10.8. The summed E-state index contributed by atoms with van der Waals surface area (Å²) in [5, 5.41) is 43.3. The summed E-state index contributed by atoms with van der Waals surface area (Å²) in [5.74, 6) is 0.101. The molecule has 0 amide bonds. The van der Waals surface area contributed by atoms with E-state index in [2.05, 4.69) is 6.58 Å². The monoisotopic (exact) mass is 462 g/mol. The van der Waals surface area contributed by atoms with E-state index >= 15 is 0 Å². The van der Waals surface area contributed by atoms with Gasteiger partial charge >= 0.3 is 0 Å². The molecule has 5 heteroatoms. The Morgan fingerprint density at radius 1 is 0.824 bits per heavy atom. The molecular formula is C29H34O5. The molecule has 5 nitrogen and oxygen atoms in total. The van der Waals surface area contributed by atoms with E-state index in [0.717, 1.165) is 11.1 Å². The number of phenols is 4. The predicted octanol–water partition coefficient (Wildman–Crippen LogP) is 7.40. The molecule has 34 heavy (non-hydrogen) atoms. The van der Waals surface area contributed by atoms with E-state index in [1.165, 1.54) is 12.1 Å². The van der Waals surface area contributed by atoms with Gasteiger partial charge in [-0.2, -0.15) is 0 Å². The zero-order valence-corrected chi connectivity index (χ0v) is 20.8. The van der Waals surface area contributed by atoms with Crippen LogP contribution in [0, 0.1) is 0 Å². The van der Waals surface area contributed by atoms with Gasteiger partial charge in [-0.15, -0.1) is 6.58 Å². The lowest BCUT2D eigenvalue weighted by Gasteiger charge is -2.22. The third-order valence-electron chi connectivity index (χ3n) is 6.09. The van der Waals surface area contributed by atoms with Crippen LogP contribution in [-0.4, -0.2) is 20.4 Å². The van der Waals surface area contributed by atoms with Gasteiger partial charge in [0.05, 0.1) is 5.39 Å². The fourth-order valence-electron chi connectivity index (χ4n) is 4.08. The van der Waals surface area contributed by atoms with Crippen LogP contribution >= 0.6 is 0 Å². The summed E-state index contributed by atoms with van der Waals surface area (Å²) < 4.78 is 6.31. The molecule has 0 atom stereocenters. The molecule has 1 heterocycles. The molecule has 2 aromatic carbocycles. The predicted molar refractivity (Wildman–Crippen MR) is 138 cm³/mol. The molecule has 0 saturated heterocycles. The second kappa shape index (κ2) is 9.34. The van der Waals surface area contributed by atoms with Crippen molar-refractivity contribution < 1.29 is 24.8 Å². The van der Waals surface area contributed by atoms with Gasteiger partial charge in [-0.05, 0) is 46.6 Å². The van der Waals surface area contributed by atoms with E-state index in [4.69, 9.17) is 4.42 Å². The number of hydrogen-bond acceptors (Lipinski definition) is 5. The summed E-state index contributed by atoms with van der Waals surface area (Å²) in [7, 11) is 0. The Labute approximate surface area is 201 Å². The summed E-state index contributed by atoms with van der Waals surface area (Å²) in [6.45, 7) is 15.6. The number of allylic oxidation sites excluding steroid dienone is 5. The minimum Gasteiger partial charge on any atom is -0.507 e. The Morgan fingerprint density at radius 2 is 1.32 bits per heavy atom. The number of furan rings is 1. The number of aromatic hydroxyl groups is 4. The van der Waals surface area contributed by atoms with Gasteiger partial charge in [-0.1, -0.05) is 43.2 Å². The highest BCUT2D eigenvalue weighted by Gasteiger charge is 2.29. The molecule has 4 N–H and O–H groups in total. The fourth-order valence-corrected chi connectivity index (χ4v) is 4.08. The van der Waals surface area contributed by atoms with Crippen LogP contribution in [0.1, 0.15) is 58.2 Å². The van der Waals surface area contributed by atoms with Gasteiger partial charge in [0.15, 0.2) is 0 Å². The molecule has 0 unspecified atom stereocenters. The van der Waals surface area contributed by atoms with Crippen LogP contribution in [0.25, 0.3) is 22.3 Å². The van der Waals surface area contributed by atoms with Crippen molar-refractivity contribution in [2.24, 2.45) is 0 Å². The van der Waals surface area contributed by atoms with Crippen LogP contribution in [0.5, 0.6) is 23.0 Å². The molecule has 1 aromatic heterocycles. The van der Waals surface area contributed by atoms with Gasteiger partial charge in [-0.25, -0.2) is 0 Å². The third kappa shape index (κ3) is 4.69. The van der Waals surface area contributed by atoms with E-state index in [1.807, 2.05) is 53.7 Å². The Hall–Kier alpha value is -3.60. The first-order chi connectivity index (χ1) is 15.9. The smallest absolute Gasteiger partial charge is 0.146 e. The molecule has 0 aliphatic rings. The van der Waals surface area contributed by atoms with Crippen LogP contribution in [0.2, 0.25) is 0 Å². The second-order valence-corrected chi connectivity index (χ2v) is 9.79. The van der Waals surface area contributed by atoms with E-state index in [0.29, 0.717) is 51.8 Å². The highest BCUT2D eigenvalue weighted by Crippen LogP contribution is 2.47. The zero-order valence-electron chi connectivity index (χ0n) is 20.8. The SMILES string of the molecule is C=CC(C)(C)c1c(O)cc(O)c2cc(-c3c(CC=C(C)C)c(O)cc(O)c3CC=C(C)C)oc12. The van der Waals surface area contributed by atoms with Crippen LogP contribution in [0.15, 0.2) is 58.6 Å². The first kappa shape index (κ1) is 25.0. The quantitative estimate of drug-likeness (QED) is 0.274. The average Bonchev–Trinajstić information content (AvgIpc) is 3.16. The maximum Gasteiger partial charge on any atom is 0.146 e. The lowest BCUT2D eigenvalue weighted by atomic mass is 9.83. The minimum absolute atomic E-state index is 0.0369. The standard InChI is InChI=1S/C29H34O5/c1-8-29(6,7)27-24(33)15-23(32)20-13-25(34-28(20)27)26-18(11-9-16(2)3)21(30)14-22(31)19(26)12-10-17(4)5/h8-10,13-15,30-33H,1,11-12H2,2-7H3. The van der Waals surface area contributed by atoms with E-state index < -0.39 is 5.41 Å². The molecule has 0 aliphatic carbocycles. The minimum atomic E-state index is -0.637. The Bertz CT molecular complexity index is 1270. The van der Waals surface area contributed by atoms with Crippen molar-refractivity contribution in [1.29, 1.82) is 0 Å². The first-order valence-electron chi connectivity index (χ1n) is 11.3. The van der Waals surface area contributed by atoms with Gasteiger partial charge in [-0.3, -0.25) is 0 Å². The van der Waals surface area contributed by atoms with Crippen molar-refractivity contribution in [2.45, 2.75) is 59.8 Å². The second-order valence-electron chi connectivity index (χ2n) is 9.79.